The Morgan fingerprint density at radius 1 is 1.25 bits per heavy atom. The van der Waals surface area contributed by atoms with Crippen molar-refractivity contribution < 1.29 is 4.74 Å². The summed E-state index contributed by atoms with van der Waals surface area (Å²) in [6.07, 6.45) is 5.95. The van der Waals surface area contributed by atoms with Crippen LogP contribution in [0.2, 0.25) is 0 Å². The van der Waals surface area contributed by atoms with Crippen molar-refractivity contribution in [1.82, 2.24) is 15.0 Å². The molecular weight excluding hydrogens is 256 g/mol. The van der Waals surface area contributed by atoms with Crippen molar-refractivity contribution in [2.45, 2.75) is 52.0 Å². The number of hydrogen-bond acceptors (Lipinski definition) is 7. The van der Waals surface area contributed by atoms with Crippen LogP contribution in [-0.4, -0.2) is 34.1 Å². The summed E-state index contributed by atoms with van der Waals surface area (Å²) in [5, 5.41) is 0. The summed E-state index contributed by atoms with van der Waals surface area (Å²) in [6, 6.07) is 0.796. The molecule has 1 aromatic rings. The summed E-state index contributed by atoms with van der Waals surface area (Å²) in [5.41, 5.74) is 2.48. The monoisotopic (exact) mass is 280 g/mol. The van der Waals surface area contributed by atoms with E-state index in [1.807, 2.05) is 6.92 Å². The van der Waals surface area contributed by atoms with Gasteiger partial charge in [0.2, 0.25) is 11.9 Å². The van der Waals surface area contributed by atoms with Crippen molar-refractivity contribution in [2.75, 3.05) is 23.5 Å². The van der Waals surface area contributed by atoms with E-state index in [4.69, 9.17) is 10.6 Å². The molecule has 3 N–H and O–H groups in total. The molecule has 1 atom stereocenters. The molecule has 1 aromatic heterocycles. The molecule has 0 spiro atoms. The highest BCUT2D eigenvalue weighted by Gasteiger charge is 2.23. The van der Waals surface area contributed by atoms with Gasteiger partial charge in [0.1, 0.15) is 0 Å². The Kier molecular flexibility index (Phi) is 5.34. The molecule has 7 nitrogen and oxygen atoms in total. The first-order chi connectivity index (χ1) is 9.78. The van der Waals surface area contributed by atoms with Crippen molar-refractivity contribution >= 4 is 11.9 Å². The van der Waals surface area contributed by atoms with E-state index >= 15 is 0 Å². The largest absolute Gasteiger partial charge is 0.464 e. The highest BCUT2D eigenvalue weighted by molar-refractivity contribution is 5.39. The van der Waals surface area contributed by atoms with Gasteiger partial charge in [0.25, 0.3) is 0 Å². The molecule has 7 heteroatoms. The smallest absolute Gasteiger partial charge is 0.323 e. The SMILES string of the molecule is CCOc1nc(NN)nc(N2CCCCCC2CC)n1. The number of nitrogen functional groups attached to an aromatic ring is 1. The molecule has 20 heavy (non-hydrogen) atoms. The maximum absolute atomic E-state index is 5.43. The molecule has 0 saturated carbocycles. The molecule has 1 aliphatic heterocycles. The zero-order valence-corrected chi connectivity index (χ0v) is 12.3. The number of nitrogens with zero attached hydrogens (tertiary/aromatic N) is 4. The van der Waals surface area contributed by atoms with Gasteiger partial charge < -0.3 is 9.64 Å². The predicted octanol–water partition coefficient (Wildman–Crippen LogP) is 1.71. The van der Waals surface area contributed by atoms with E-state index in [1.165, 1.54) is 19.3 Å². The zero-order valence-electron chi connectivity index (χ0n) is 12.3. The molecule has 0 amide bonds. The molecular formula is C13H24N6O. The molecule has 0 radical (unpaired) electrons. The lowest BCUT2D eigenvalue weighted by atomic mass is 10.1. The van der Waals surface area contributed by atoms with Gasteiger partial charge in [0.15, 0.2) is 0 Å². The second kappa shape index (κ2) is 7.23. The molecule has 1 fully saturated rings. The maximum atomic E-state index is 5.43. The average Bonchev–Trinajstić information content (AvgIpc) is 2.72. The topological polar surface area (TPSA) is 89.2 Å². The van der Waals surface area contributed by atoms with Crippen molar-refractivity contribution in [3.05, 3.63) is 0 Å². The maximum Gasteiger partial charge on any atom is 0.323 e. The quantitative estimate of drug-likeness (QED) is 0.627. The standard InChI is InChI=1S/C13H24N6O/c1-3-10-8-6-5-7-9-19(10)12-15-11(18-14)16-13(17-12)20-4-2/h10H,3-9,14H2,1-2H3,(H,15,16,17,18). The van der Waals surface area contributed by atoms with Crippen molar-refractivity contribution in [3.63, 3.8) is 0 Å². The Morgan fingerprint density at radius 3 is 2.80 bits per heavy atom. The number of nitrogens with one attached hydrogen (secondary N) is 1. The molecule has 0 aliphatic carbocycles. The third kappa shape index (κ3) is 3.47. The third-order valence-electron chi connectivity index (χ3n) is 3.61. The Morgan fingerprint density at radius 2 is 2.10 bits per heavy atom. The summed E-state index contributed by atoms with van der Waals surface area (Å²) >= 11 is 0. The molecule has 2 rings (SSSR count). The van der Waals surface area contributed by atoms with E-state index in [2.05, 4.69) is 32.2 Å². The van der Waals surface area contributed by atoms with Crippen LogP contribution in [-0.2, 0) is 0 Å². The number of rotatable bonds is 5. The summed E-state index contributed by atoms with van der Waals surface area (Å²) in [5.74, 6) is 6.44. The second-order valence-corrected chi connectivity index (χ2v) is 4.92. The molecule has 0 aromatic carbocycles. The highest BCUT2D eigenvalue weighted by atomic mass is 16.5. The lowest BCUT2D eigenvalue weighted by Gasteiger charge is -2.29. The van der Waals surface area contributed by atoms with Crippen LogP contribution in [0, 0.1) is 0 Å². The van der Waals surface area contributed by atoms with Gasteiger partial charge in [-0.2, -0.15) is 15.0 Å². The van der Waals surface area contributed by atoms with Crippen molar-refractivity contribution in [2.24, 2.45) is 5.84 Å². The number of hydrogen-bond donors (Lipinski definition) is 2. The van der Waals surface area contributed by atoms with E-state index in [0.29, 0.717) is 30.6 Å². The molecule has 0 bridgehead atoms. The molecule has 1 aliphatic rings. The Labute approximate surface area is 119 Å². The third-order valence-corrected chi connectivity index (χ3v) is 3.61. The Balaban J connectivity index is 2.30. The summed E-state index contributed by atoms with van der Waals surface area (Å²) in [6.45, 7) is 5.60. The first-order valence-corrected chi connectivity index (χ1v) is 7.40. The Hall–Kier alpha value is -1.63. The predicted molar refractivity (Wildman–Crippen MR) is 78.7 cm³/mol. The van der Waals surface area contributed by atoms with Crippen molar-refractivity contribution in [1.29, 1.82) is 0 Å². The Bertz CT molecular complexity index is 427. The van der Waals surface area contributed by atoms with E-state index < -0.39 is 0 Å². The second-order valence-electron chi connectivity index (χ2n) is 4.92. The van der Waals surface area contributed by atoms with Crippen LogP contribution in [0.15, 0.2) is 0 Å². The number of hydrazine groups is 1. The van der Waals surface area contributed by atoms with Gasteiger partial charge in [0.05, 0.1) is 6.61 Å². The molecule has 1 unspecified atom stereocenters. The highest BCUT2D eigenvalue weighted by Crippen LogP contribution is 2.24. The summed E-state index contributed by atoms with van der Waals surface area (Å²) < 4.78 is 5.40. The van der Waals surface area contributed by atoms with Crippen LogP contribution in [0.1, 0.15) is 46.0 Å². The van der Waals surface area contributed by atoms with Crippen LogP contribution < -0.4 is 20.9 Å². The minimum Gasteiger partial charge on any atom is -0.464 e. The van der Waals surface area contributed by atoms with Crippen LogP contribution in [0.4, 0.5) is 11.9 Å². The number of nitrogens with two attached hydrogens (primary N) is 1. The van der Waals surface area contributed by atoms with E-state index in [1.54, 1.807) is 0 Å². The zero-order chi connectivity index (χ0) is 14.4. The number of ether oxygens (including phenoxy) is 1. The van der Waals surface area contributed by atoms with Crippen LogP contribution in [0.25, 0.3) is 0 Å². The van der Waals surface area contributed by atoms with Gasteiger partial charge in [-0.25, -0.2) is 5.84 Å². The van der Waals surface area contributed by atoms with Gasteiger partial charge in [-0.15, -0.1) is 0 Å². The fourth-order valence-electron chi connectivity index (χ4n) is 2.60. The average molecular weight is 280 g/mol. The summed E-state index contributed by atoms with van der Waals surface area (Å²) in [4.78, 5) is 15.2. The lowest BCUT2D eigenvalue weighted by Crippen LogP contribution is -2.36. The van der Waals surface area contributed by atoms with Gasteiger partial charge in [-0.05, 0) is 26.2 Å². The van der Waals surface area contributed by atoms with Gasteiger partial charge >= 0.3 is 6.01 Å². The minimum atomic E-state index is 0.324. The molecule has 2 heterocycles. The van der Waals surface area contributed by atoms with E-state index in [9.17, 15) is 0 Å². The van der Waals surface area contributed by atoms with Crippen LogP contribution in [0.5, 0.6) is 6.01 Å². The number of aromatic nitrogens is 3. The van der Waals surface area contributed by atoms with E-state index in [-0.39, 0.29) is 0 Å². The first kappa shape index (κ1) is 14.8. The molecule has 1 saturated heterocycles. The number of anilines is 2. The fourth-order valence-corrected chi connectivity index (χ4v) is 2.60. The fraction of sp³-hybridized carbons (Fsp3) is 0.769. The minimum absolute atomic E-state index is 0.324. The van der Waals surface area contributed by atoms with Crippen molar-refractivity contribution in [3.8, 4) is 6.01 Å². The van der Waals surface area contributed by atoms with Gasteiger partial charge in [0, 0.05) is 12.6 Å². The van der Waals surface area contributed by atoms with Crippen LogP contribution in [0.3, 0.4) is 0 Å². The molecule has 112 valence electrons. The van der Waals surface area contributed by atoms with Gasteiger partial charge in [-0.1, -0.05) is 19.8 Å². The normalized spacial score (nSPS) is 19.6. The van der Waals surface area contributed by atoms with Crippen LogP contribution >= 0.6 is 0 Å². The van der Waals surface area contributed by atoms with Gasteiger partial charge in [-0.3, -0.25) is 5.43 Å². The first-order valence-electron chi connectivity index (χ1n) is 7.40. The lowest BCUT2D eigenvalue weighted by molar-refractivity contribution is 0.311. The van der Waals surface area contributed by atoms with E-state index in [0.717, 1.165) is 19.4 Å². The summed E-state index contributed by atoms with van der Waals surface area (Å²) in [7, 11) is 0.